The average Bonchev–Trinajstić information content (AvgIpc) is 2.63. The molecule has 0 fully saturated rings. The van der Waals surface area contributed by atoms with Crippen LogP contribution in [0.15, 0.2) is 29.6 Å². The first kappa shape index (κ1) is 20.1. The standard InChI is InChI=1S/C18H22F2N6O/c1-10(27)26-4-3-15(22)13(9-26)18(23)25-16-6-11(5-14(19)17(16)20)12(7-21)8-24-2/h5-8,21,24H,3-4,9,22H2,1-2H3,(H2,23,25)/b12-8+,21-7?. The van der Waals surface area contributed by atoms with Gasteiger partial charge in [0.05, 0.1) is 12.2 Å². The largest absolute Gasteiger partial charge is 0.402 e. The van der Waals surface area contributed by atoms with Crippen LogP contribution < -0.4 is 16.4 Å². The van der Waals surface area contributed by atoms with Crippen LogP contribution in [0.5, 0.6) is 0 Å². The molecule has 0 saturated heterocycles. The van der Waals surface area contributed by atoms with Gasteiger partial charge >= 0.3 is 0 Å². The summed E-state index contributed by atoms with van der Waals surface area (Å²) in [4.78, 5) is 13.1. The first-order valence-corrected chi connectivity index (χ1v) is 8.24. The number of nitrogens with one attached hydrogen (secondary N) is 4. The SMILES string of the molecule is CN/C=C(\C=N)c1cc(F)c(F)c(NC(=N)C2=C(N)CCN(C(C)=O)C2)c1. The summed E-state index contributed by atoms with van der Waals surface area (Å²) >= 11 is 0. The summed E-state index contributed by atoms with van der Waals surface area (Å²) in [5.74, 6) is -2.61. The Hall–Kier alpha value is -3.23. The van der Waals surface area contributed by atoms with Gasteiger partial charge in [-0.1, -0.05) is 0 Å². The minimum Gasteiger partial charge on any atom is -0.402 e. The van der Waals surface area contributed by atoms with Crippen molar-refractivity contribution in [2.45, 2.75) is 13.3 Å². The van der Waals surface area contributed by atoms with E-state index < -0.39 is 11.6 Å². The van der Waals surface area contributed by atoms with E-state index in [1.165, 1.54) is 24.1 Å². The summed E-state index contributed by atoms with van der Waals surface area (Å²) < 4.78 is 28.2. The first-order valence-electron chi connectivity index (χ1n) is 8.24. The molecule has 0 radical (unpaired) electrons. The van der Waals surface area contributed by atoms with E-state index in [4.69, 9.17) is 16.6 Å². The molecule has 1 aromatic rings. The third kappa shape index (κ3) is 4.49. The molecule has 144 valence electrons. The smallest absolute Gasteiger partial charge is 0.219 e. The van der Waals surface area contributed by atoms with Crippen molar-refractivity contribution < 1.29 is 13.6 Å². The van der Waals surface area contributed by atoms with Crippen LogP contribution in [-0.2, 0) is 4.79 Å². The highest BCUT2D eigenvalue weighted by atomic mass is 19.2. The zero-order chi connectivity index (χ0) is 20.1. The highest BCUT2D eigenvalue weighted by molar-refractivity contribution is 6.10. The van der Waals surface area contributed by atoms with E-state index >= 15 is 0 Å². The maximum atomic E-state index is 14.2. The van der Waals surface area contributed by atoms with Crippen LogP contribution in [0.25, 0.3) is 5.57 Å². The summed E-state index contributed by atoms with van der Waals surface area (Å²) in [5.41, 5.74) is 7.09. The molecular formula is C18H22F2N6O. The molecule has 0 bridgehead atoms. The van der Waals surface area contributed by atoms with Crippen molar-refractivity contribution in [2.75, 3.05) is 25.5 Å². The summed E-state index contributed by atoms with van der Waals surface area (Å²) in [6.07, 6.45) is 2.88. The molecule has 0 saturated carbocycles. The fraction of sp³-hybridized carbons (Fsp3) is 0.278. The summed E-state index contributed by atoms with van der Waals surface area (Å²) in [6.45, 7) is 2.00. The Labute approximate surface area is 155 Å². The average molecular weight is 376 g/mol. The highest BCUT2D eigenvalue weighted by Gasteiger charge is 2.23. The molecule has 1 heterocycles. The third-order valence-electron chi connectivity index (χ3n) is 4.21. The molecule has 9 heteroatoms. The lowest BCUT2D eigenvalue weighted by molar-refractivity contribution is -0.128. The molecule has 0 aliphatic carbocycles. The number of amidine groups is 1. The quantitative estimate of drug-likeness (QED) is 0.399. The van der Waals surface area contributed by atoms with Crippen molar-refractivity contribution in [2.24, 2.45) is 5.73 Å². The second-order valence-electron chi connectivity index (χ2n) is 6.05. The number of nitrogens with two attached hydrogens (primary N) is 1. The first-order chi connectivity index (χ1) is 12.8. The van der Waals surface area contributed by atoms with Gasteiger partial charge in [-0.15, -0.1) is 0 Å². The van der Waals surface area contributed by atoms with Crippen molar-refractivity contribution in [3.05, 3.63) is 46.8 Å². The van der Waals surface area contributed by atoms with Gasteiger partial charge in [0.2, 0.25) is 5.91 Å². The minimum absolute atomic E-state index is 0.127. The number of hydrogen-bond acceptors (Lipinski definition) is 5. The zero-order valence-electron chi connectivity index (χ0n) is 15.1. The number of hydrogen-bond donors (Lipinski definition) is 5. The van der Waals surface area contributed by atoms with Gasteiger partial charge in [-0.3, -0.25) is 10.2 Å². The van der Waals surface area contributed by atoms with Gasteiger partial charge < -0.3 is 26.7 Å². The van der Waals surface area contributed by atoms with Crippen LogP contribution in [0.2, 0.25) is 0 Å². The van der Waals surface area contributed by atoms with E-state index in [0.29, 0.717) is 29.8 Å². The van der Waals surface area contributed by atoms with Crippen molar-refractivity contribution in [3.8, 4) is 0 Å². The molecule has 1 aliphatic heterocycles. The van der Waals surface area contributed by atoms with E-state index in [9.17, 15) is 13.6 Å². The summed E-state index contributed by atoms with van der Waals surface area (Å²) in [5, 5.41) is 20.9. The molecule has 6 N–H and O–H groups in total. The summed E-state index contributed by atoms with van der Waals surface area (Å²) in [6, 6.07) is 2.29. The Morgan fingerprint density at radius 1 is 1.37 bits per heavy atom. The molecule has 1 aromatic carbocycles. The molecular weight excluding hydrogens is 354 g/mol. The normalized spacial score (nSPS) is 14.8. The van der Waals surface area contributed by atoms with E-state index in [1.807, 2.05) is 0 Å². The van der Waals surface area contributed by atoms with Crippen LogP contribution in [0.1, 0.15) is 18.9 Å². The van der Waals surface area contributed by atoms with Gasteiger partial charge in [0, 0.05) is 56.2 Å². The van der Waals surface area contributed by atoms with Gasteiger partial charge in [0.1, 0.15) is 5.84 Å². The number of amides is 1. The van der Waals surface area contributed by atoms with Crippen LogP contribution in [0, 0.1) is 22.5 Å². The monoisotopic (exact) mass is 376 g/mol. The molecule has 2 rings (SSSR count). The predicted molar refractivity (Wildman–Crippen MR) is 102 cm³/mol. The zero-order valence-corrected chi connectivity index (χ0v) is 15.1. The number of benzene rings is 1. The molecule has 7 nitrogen and oxygen atoms in total. The summed E-state index contributed by atoms with van der Waals surface area (Å²) in [7, 11) is 1.62. The number of allylic oxidation sites excluding steroid dienone is 1. The van der Waals surface area contributed by atoms with Gasteiger partial charge in [0.25, 0.3) is 0 Å². The Morgan fingerprint density at radius 3 is 2.67 bits per heavy atom. The van der Waals surface area contributed by atoms with Crippen molar-refractivity contribution in [3.63, 3.8) is 0 Å². The van der Waals surface area contributed by atoms with E-state index in [1.54, 1.807) is 7.05 Å². The molecule has 0 aromatic heterocycles. The third-order valence-corrected chi connectivity index (χ3v) is 4.21. The molecule has 27 heavy (non-hydrogen) atoms. The van der Waals surface area contributed by atoms with Crippen molar-refractivity contribution >= 4 is 29.2 Å². The number of halogens is 2. The molecule has 0 spiro atoms. The van der Waals surface area contributed by atoms with E-state index in [-0.39, 0.29) is 29.5 Å². The Balaban J connectivity index is 2.35. The molecule has 1 amide bonds. The van der Waals surface area contributed by atoms with Gasteiger partial charge in [-0.25, -0.2) is 8.78 Å². The van der Waals surface area contributed by atoms with Crippen LogP contribution in [0.3, 0.4) is 0 Å². The second-order valence-corrected chi connectivity index (χ2v) is 6.05. The minimum atomic E-state index is -1.14. The Kier molecular flexibility index (Phi) is 6.27. The van der Waals surface area contributed by atoms with Gasteiger partial charge in [-0.2, -0.15) is 0 Å². The van der Waals surface area contributed by atoms with Gasteiger partial charge in [0.15, 0.2) is 11.6 Å². The number of rotatable bonds is 5. The lowest BCUT2D eigenvalue weighted by Crippen LogP contribution is -2.40. The maximum absolute atomic E-state index is 14.2. The fourth-order valence-electron chi connectivity index (χ4n) is 2.71. The van der Waals surface area contributed by atoms with Crippen molar-refractivity contribution in [1.29, 1.82) is 10.8 Å². The Morgan fingerprint density at radius 2 is 2.07 bits per heavy atom. The number of anilines is 1. The molecule has 1 aliphatic rings. The second kappa shape index (κ2) is 8.43. The lowest BCUT2D eigenvalue weighted by Gasteiger charge is -2.29. The molecule has 0 atom stereocenters. The Bertz CT molecular complexity index is 846. The number of carbonyl (C=O) groups excluding carboxylic acids is 1. The van der Waals surface area contributed by atoms with E-state index in [2.05, 4.69) is 10.6 Å². The van der Waals surface area contributed by atoms with E-state index in [0.717, 1.165) is 12.3 Å². The fourth-order valence-corrected chi connectivity index (χ4v) is 2.71. The number of nitrogens with zero attached hydrogens (tertiary/aromatic N) is 1. The lowest BCUT2D eigenvalue weighted by atomic mass is 10.0. The predicted octanol–water partition coefficient (Wildman–Crippen LogP) is 2.03. The topological polar surface area (TPSA) is 118 Å². The van der Waals surface area contributed by atoms with Crippen LogP contribution in [0.4, 0.5) is 14.5 Å². The van der Waals surface area contributed by atoms with Crippen LogP contribution in [-0.4, -0.2) is 43.0 Å². The maximum Gasteiger partial charge on any atom is 0.219 e. The van der Waals surface area contributed by atoms with Gasteiger partial charge in [-0.05, 0) is 17.7 Å². The molecule has 0 unspecified atom stereocenters. The highest BCUT2D eigenvalue weighted by Crippen LogP contribution is 2.25. The van der Waals surface area contributed by atoms with Crippen LogP contribution >= 0.6 is 0 Å². The van der Waals surface area contributed by atoms with Crippen molar-refractivity contribution in [1.82, 2.24) is 10.2 Å². The number of carbonyl (C=O) groups is 1.